The number of carboxylic acid groups (broad SMARTS) is 2. The first kappa shape index (κ1) is 24.0. The SMILES string of the molecule is Cc1cc(N2Cc3c(cccc3C(F)(F)F)C(C(=O)O)C2)ccn1.O=C(O)C(F)(F)F. The van der Waals surface area contributed by atoms with Crippen LogP contribution in [0.25, 0.3) is 0 Å². The topological polar surface area (TPSA) is 90.7 Å². The van der Waals surface area contributed by atoms with E-state index in [2.05, 4.69) is 4.98 Å². The van der Waals surface area contributed by atoms with Crippen LogP contribution in [0.15, 0.2) is 36.5 Å². The van der Waals surface area contributed by atoms with E-state index < -0.39 is 35.8 Å². The van der Waals surface area contributed by atoms with Crippen molar-refractivity contribution in [1.29, 1.82) is 0 Å². The van der Waals surface area contributed by atoms with E-state index in [0.29, 0.717) is 11.4 Å². The maximum absolute atomic E-state index is 13.3. The van der Waals surface area contributed by atoms with Gasteiger partial charge in [0.15, 0.2) is 0 Å². The maximum atomic E-state index is 13.3. The molecule has 1 aliphatic rings. The lowest BCUT2D eigenvalue weighted by Gasteiger charge is -2.35. The quantitative estimate of drug-likeness (QED) is 0.666. The molecule has 3 rings (SSSR count). The van der Waals surface area contributed by atoms with Gasteiger partial charge in [-0.2, -0.15) is 26.3 Å². The van der Waals surface area contributed by atoms with Crippen LogP contribution < -0.4 is 4.90 Å². The van der Waals surface area contributed by atoms with E-state index in [1.54, 1.807) is 30.2 Å². The predicted octanol–water partition coefficient (Wildman–Crippen LogP) is 4.23. The van der Waals surface area contributed by atoms with Gasteiger partial charge in [-0.1, -0.05) is 12.1 Å². The van der Waals surface area contributed by atoms with Crippen molar-refractivity contribution < 1.29 is 46.1 Å². The van der Waals surface area contributed by atoms with Gasteiger partial charge in [0.1, 0.15) is 0 Å². The molecular weight excluding hydrogens is 434 g/mol. The number of benzene rings is 1. The number of aliphatic carboxylic acids is 2. The van der Waals surface area contributed by atoms with Crippen LogP contribution in [0.1, 0.15) is 28.3 Å². The Morgan fingerprint density at radius 3 is 2.19 bits per heavy atom. The summed E-state index contributed by atoms with van der Waals surface area (Å²) in [5, 5.41) is 16.6. The van der Waals surface area contributed by atoms with Crippen LogP contribution in [0, 0.1) is 6.92 Å². The fraction of sp³-hybridized carbons (Fsp3) is 0.316. The summed E-state index contributed by atoms with van der Waals surface area (Å²) >= 11 is 0. The van der Waals surface area contributed by atoms with E-state index in [-0.39, 0.29) is 24.2 Å². The first-order valence-corrected chi connectivity index (χ1v) is 8.61. The molecule has 0 aliphatic carbocycles. The number of hydrogen-bond donors (Lipinski definition) is 2. The lowest BCUT2D eigenvalue weighted by molar-refractivity contribution is -0.192. The monoisotopic (exact) mass is 450 g/mol. The number of aryl methyl sites for hydroxylation is 1. The number of nitrogens with zero attached hydrogens (tertiary/aromatic N) is 2. The predicted molar refractivity (Wildman–Crippen MR) is 95.5 cm³/mol. The van der Waals surface area contributed by atoms with Gasteiger partial charge in [0.2, 0.25) is 0 Å². The van der Waals surface area contributed by atoms with Crippen LogP contribution in [-0.2, 0) is 22.3 Å². The zero-order chi connectivity index (χ0) is 23.6. The number of pyridine rings is 1. The normalized spacial score (nSPS) is 16.1. The van der Waals surface area contributed by atoms with E-state index in [1.807, 2.05) is 0 Å². The highest BCUT2D eigenvalue weighted by molar-refractivity contribution is 5.79. The Kier molecular flexibility index (Phi) is 6.82. The van der Waals surface area contributed by atoms with Crippen LogP contribution in [-0.4, -0.2) is 39.9 Å². The second-order valence-electron chi connectivity index (χ2n) is 6.60. The fourth-order valence-corrected chi connectivity index (χ4v) is 3.08. The number of hydrogen-bond acceptors (Lipinski definition) is 4. The zero-order valence-corrected chi connectivity index (χ0v) is 15.8. The number of carboxylic acids is 2. The molecule has 31 heavy (non-hydrogen) atoms. The third kappa shape index (κ3) is 5.86. The van der Waals surface area contributed by atoms with Crippen LogP contribution in [0.2, 0.25) is 0 Å². The Morgan fingerprint density at radius 2 is 1.71 bits per heavy atom. The number of anilines is 1. The van der Waals surface area contributed by atoms with E-state index >= 15 is 0 Å². The highest BCUT2D eigenvalue weighted by Crippen LogP contribution is 2.39. The van der Waals surface area contributed by atoms with Crippen LogP contribution in [0.5, 0.6) is 0 Å². The van der Waals surface area contributed by atoms with E-state index in [1.165, 1.54) is 12.1 Å². The number of carbonyl (C=O) groups is 2. The van der Waals surface area contributed by atoms with Gasteiger partial charge in [-0.3, -0.25) is 9.78 Å². The lowest BCUT2D eigenvalue weighted by atomic mass is 9.86. The number of halogens is 6. The number of fused-ring (bicyclic) bond motifs is 1. The van der Waals surface area contributed by atoms with Crippen molar-refractivity contribution in [3.05, 3.63) is 58.9 Å². The van der Waals surface area contributed by atoms with Crippen LogP contribution in [0.4, 0.5) is 32.0 Å². The molecule has 2 aromatic rings. The first-order chi connectivity index (χ1) is 14.2. The van der Waals surface area contributed by atoms with E-state index in [9.17, 15) is 36.2 Å². The third-order valence-corrected chi connectivity index (χ3v) is 4.43. The molecule has 1 unspecified atom stereocenters. The summed E-state index contributed by atoms with van der Waals surface area (Å²) in [5.74, 6) is -4.90. The molecule has 0 amide bonds. The molecule has 0 bridgehead atoms. The van der Waals surface area contributed by atoms with Crippen molar-refractivity contribution in [3.63, 3.8) is 0 Å². The Morgan fingerprint density at radius 1 is 1.10 bits per heavy atom. The van der Waals surface area contributed by atoms with E-state index in [4.69, 9.17) is 9.90 Å². The number of aromatic nitrogens is 1. The van der Waals surface area contributed by atoms with E-state index in [0.717, 1.165) is 6.07 Å². The molecule has 1 aliphatic heterocycles. The summed E-state index contributed by atoms with van der Waals surface area (Å²) in [4.78, 5) is 26.2. The van der Waals surface area contributed by atoms with Crippen molar-refractivity contribution in [1.82, 2.24) is 4.98 Å². The average molecular weight is 450 g/mol. The molecule has 0 saturated heterocycles. The largest absolute Gasteiger partial charge is 0.490 e. The summed E-state index contributed by atoms with van der Waals surface area (Å²) in [5.41, 5.74) is 0.866. The van der Waals surface area contributed by atoms with Crippen molar-refractivity contribution in [2.75, 3.05) is 11.4 Å². The third-order valence-electron chi connectivity index (χ3n) is 4.43. The van der Waals surface area contributed by atoms with Gasteiger partial charge in [-0.25, -0.2) is 4.79 Å². The summed E-state index contributed by atoms with van der Waals surface area (Å²) in [6, 6.07) is 7.15. The highest BCUT2D eigenvalue weighted by atomic mass is 19.4. The molecule has 2 heterocycles. The maximum Gasteiger partial charge on any atom is 0.490 e. The van der Waals surface area contributed by atoms with Gasteiger partial charge in [0.05, 0.1) is 11.5 Å². The minimum atomic E-state index is -5.08. The smallest absolute Gasteiger partial charge is 0.481 e. The van der Waals surface area contributed by atoms with Crippen LogP contribution in [0.3, 0.4) is 0 Å². The lowest BCUT2D eigenvalue weighted by Crippen LogP contribution is -2.38. The molecular formula is C19H16F6N2O4. The molecule has 0 saturated carbocycles. The minimum Gasteiger partial charge on any atom is -0.481 e. The van der Waals surface area contributed by atoms with Gasteiger partial charge in [0, 0.05) is 30.7 Å². The Bertz CT molecular complexity index is 975. The minimum absolute atomic E-state index is 0.0122. The number of alkyl halides is 6. The molecule has 168 valence electrons. The first-order valence-electron chi connectivity index (χ1n) is 8.61. The van der Waals surface area contributed by atoms with Crippen LogP contribution >= 0.6 is 0 Å². The van der Waals surface area contributed by atoms with Crippen molar-refractivity contribution in [2.24, 2.45) is 0 Å². The average Bonchev–Trinajstić information content (AvgIpc) is 2.65. The van der Waals surface area contributed by atoms with Gasteiger partial charge in [-0.05, 0) is 36.2 Å². The molecule has 12 heteroatoms. The number of rotatable bonds is 2. The molecule has 1 aromatic heterocycles. The molecule has 1 aromatic carbocycles. The summed E-state index contributed by atoms with van der Waals surface area (Å²) in [7, 11) is 0. The molecule has 0 spiro atoms. The summed E-state index contributed by atoms with van der Waals surface area (Å²) in [6.07, 6.45) is -8.04. The second kappa shape index (κ2) is 8.82. The van der Waals surface area contributed by atoms with Crippen molar-refractivity contribution >= 4 is 17.6 Å². The zero-order valence-electron chi connectivity index (χ0n) is 15.8. The standard InChI is InChI=1S/C17H15F3N2O2.C2HF3O2/c1-10-7-11(5-6-21-10)22-8-13-12(14(9-22)16(23)24)3-2-4-15(13)17(18,19)20;3-2(4,5)1(6)7/h2-7,14H,8-9H2,1H3,(H,23,24);(H,6,7). The molecule has 0 fully saturated rings. The molecule has 2 N–H and O–H groups in total. The van der Waals surface area contributed by atoms with Crippen molar-refractivity contribution in [2.45, 2.75) is 31.7 Å². The van der Waals surface area contributed by atoms with Crippen molar-refractivity contribution in [3.8, 4) is 0 Å². The fourth-order valence-electron chi connectivity index (χ4n) is 3.08. The van der Waals surface area contributed by atoms with Gasteiger partial charge in [0.25, 0.3) is 0 Å². The molecule has 1 atom stereocenters. The Balaban J connectivity index is 0.000000423. The van der Waals surface area contributed by atoms with Gasteiger partial charge >= 0.3 is 24.3 Å². The second-order valence-corrected chi connectivity index (χ2v) is 6.60. The highest BCUT2D eigenvalue weighted by Gasteiger charge is 2.39. The Hall–Kier alpha value is -3.31. The Labute approximate surface area is 171 Å². The molecule has 0 radical (unpaired) electrons. The van der Waals surface area contributed by atoms with Gasteiger partial charge in [-0.15, -0.1) is 0 Å². The summed E-state index contributed by atoms with van der Waals surface area (Å²) < 4.78 is 71.7. The molecule has 6 nitrogen and oxygen atoms in total. The van der Waals surface area contributed by atoms with Gasteiger partial charge < -0.3 is 15.1 Å². The summed E-state index contributed by atoms with van der Waals surface area (Å²) in [6.45, 7) is 1.91.